The van der Waals surface area contributed by atoms with Crippen molar-refractivity contribution in [2.75, 3.05) is 25.4 Å². The molecule has 27 heteroatoms. The standard InChI is InChI=1S/C33H57N19O7S/c34-19(14-60)25(53)51-23(10-17-12-41-15-46-17)29(57)52-24(11-18-13-42-16-47-18)28(56)49-20(4-1-7-43-31(35)36)26(54)48-21(5-2-8-44-32(37)38)27(55)50-22(30(58)59)6-3-9-45-33(39)40/h12-13,15-16,19-24,60H,1-11,14,34H2,(H,41,46)(H,42,47)(H,48,54)(H,49,56)(H,50,55)(H,51,53)(H,52,57)(H,58,59)(H4,35,36,43)(H4,37,38,44)(H4,39,40,45)/t19-,20-,21-,22-,23-,24-/m0/s1. The number of nitrogens with one attached hydrogen (secondary N) is 13. The smallest absolute Gasteiger partial charge is 0.326 e. The second-order valence-corrected chi connectivity index (χ2v) is 13.8. The second kappa shape index (κ2) is 26.4. The molecule has 2 aromatic rings. The summed E-state index contributed by atoms with van der Waals surface area (Å²) >= 11 is 4.05. The van der Waals surface area contributed by atoms with Crippen molar-refractivity contribution >= 4 is 66.0 Å². The van der Waals surface area contributed by atoms with Crippen molar-refractivity contribution in [1.29, 1.82) is 16.2 Å². The third kappa shape index (κ3) is 19.2. The number of aromatic nitrogens is 4. The number of guanidine groups is 3. The van der Waals surface area contributed by atoms with Crippen LogP contribution in [0.1, 0.15) is 49.9 Å². The van der Waals surface area contributed by atoms with Crippen molar-refractivity contribution in [2.24, 2.45) is 22.9 Å². The van der Waals surface area contributed by atoms with E-state index in [0.29, 0.717) is 11.4 Å². The summed E-state index contributed by atoms with van der Waals surface area (Å²) in [5.41, 5.74) is 22.7. The minimum atomic E-state index is -1.38. The van der Waals surface area contributed by atoms with Crippen LogP contribution in [0, 0.1) is 16.2 Å². The first kappa shape index (κ1) is 49.5. The minimum absolute atomic E-state index is 0.0178. The average molecular weight is 864 g/mol. The summed E-state index contributed by atoms with van der Waals surface area (Å²) < 4.78 is 0. The number of rotatable bonds is 28. The normalized spacial score (nSPS) is 13.8. The van der Waals surface area contributed by atoms with E-state index >= 15 is 0 Å². The van der Waals surface area contributed by atoms with Crippen molar-refractivity contribution in [1.82, 2.24) is 62.5 Å². The van der Waals surface area contributed by atoms with E-state index in [0.717, 1.165) is 0 Å². The molecule has 26 nitrogen and oxygen atoms in total. The average Bonchev–Trinajstić information content (AvgIpc) is 3.91. The molecule has 5 amide bonds. The van der Waals surface area contributed by atoms with Crippen LogP contribution < -0.4 is 65.5 Å². The van der Waals surface area contributed by atoms with Crippen LogP contribution in [0.5, 0.6) is 0 Å². The molecular weight excluding hydrogens is 807 g/mol. The van der Waals surface area contributed by atoms with Gasteiger partial charge in [0, 0.05) is 50.6 Å². The Balaban J connectivity index is 2.40. The van der Waals surface area contributed by atoms with Crippen LogP contribution in [0.4, 0.5) is 0 Å². The molecule has 0 bridgehead atoms. The molecule has 2 heterocycles. The predicted octanol–water partition coefficient (Wildman–Crippen LogP) is -5.53. The lowest BCUT2D eigenvalue weighted by Crippen LogP contribution is -2.60. The number of thiol groups is 1. The van der Waals surface area contributed by atoms with E-state index in [1.807, 2.05) is 0 Å². The fourth-order valence-electron chi connectivity index (χ4n) is 5.48. The molecule has 0 saturated carbocycles. The van der Waals surface area contributed by atoms with Gasteiger partial charge >= 0.3 is 5.97 Å². The number of carboxylic acid groups (broad SMARTS) is 1. The first-order valence-electron chi connectivity index (χ1n) is 18.8. The Kier molecular flexibility index (Phi) is 21.8. The lowest BCUT2D eigenvalue weighted by atomic mass is 10.0. The van der Waals surface area contributed by atoms with Gasteiger partial charge in [0.05, 0.1) is 30.1 Å². The Morgan fingerprint density at radius 1 is 0.600 bits per heavy atom. The van der Waals surface area contributed by atoms with Gasteiger partial charge in [-0.1, -0.05) is 0 Å². The van der Waals surface area contributed by atoms with Gasteiger partial charge in [-0.15, -0.1) is 0 Å². The molecule has 2 aromatic heterocycles. The molecule has 60 heavy (non-hydrogen) atoms. The second-order valence-electron chi connectivity index (χ2n) is 13.4. The summed E-state index contributed by atoms with van der Waals surface area (Å²) in [6.45, 7) is 0.406. The molecule has 0 aliphatic rings. The molecule has 332 valence electrons. The van der Waals surface area contributed by atoms with E-state index in [2.05, 4.69) is 75.1 Å². The number of nitrogens with zero attached hydrogens (tertiary/aromatic N) is 2. The number of carbonyl (C=O) groups excluding carboxylic acids is 5. The molecule has 0 fully saturated rings. The number of aromatic amines is 2. The van der Waals surface area contributed by atoms with Crippen LogP contribution in [0.15, 0.2) is 25.0 Å². The quantitative estimate of drug-likeness (QED) is 0.0164. The number of H-pyrrole nitrogens is 2. The molecule has 0 aromatic carbocycles. The summed E-state index contributed by atoms with van der Waals surface area (Å²) in [7, 11) is 0. The number of carbonyl (C=O) groups is 6. The Bertz CT molecular complexity index is 1730. The molecule has 22 N–H and O–H groups in total. The van der Waals surface area contributed by atoms with Gasteiger partial charge in [0.2, 0.25) is 29.5 Å². The highest BCUT2D eigenvalue weighted by molar-refractivity contribution is 7.80. The van der Waals surface area contributed by atoms with Crippen molar-refractivity contribution in [3.05, 3.63) is 36.4 Å². The molecule has 0 aliphatic carbocycles. The summed E-state index contributed by atoms with van der Waals surface area (Å²) in [6, 6.07) is -7.77. The maximum absolute atomic E-state index is 14.1. The zero-order chi connectivity index (χ0) is 44.6. The number of imidazole rings is 2. The zero-order valence-electron chi connectivity index (χ0n) is 32.8. The molecule has 0 spiro atoms. The van der Waals surface area contributed by atoms with Gasteiger partial charge in [0.15, 0.2) is 17.9 Å². The van der Waals surface area contributed by atoms with Gasteiger partial charge in [-0.2, -0.15) is 12.6 Å². The number of amides is 5. The maximum Gasteiger partial charge on any atom is 0.326 e. The number of hydrogen-bond donors (Lipinski definition) is 19. The Hall–Kier alpha value is -6.64. The molecular formula is C33H57N19O7S. The molecule has 6 atom stereocenters. The van der Waals surface area contributed by atoms with Gasteiger partial charge < -0.3 is 80.5 Å². The third-order valence-corrected chi connectivity index (χ3v) is 8.96. The van der Waals surface area contributed by atoms with Gasteiger partial charge in [-0.25, -0.2) is 14.8 Å². The Morgan fingerprint density at radius 2 is 0.933 bits per heavy atom. The maximum atomic E-state index is 14.1. The van der Waals surface area contributed by atoms with Crippen LogP contribution in [0.3, 0.4) is 0 Å². The van der Waals surface area contributed by atoms with Gasteiger partial charge in [-0.05, 0) is 38.5 Å². The Morgan fingerprint density at radius 3 is 1.27 bits per heavy atom. The lowest BCUT2D eigenvalue weighted by Gasteiger charge is -2.27. The number of hydrogen-bond acceptors (Lipinski definition) is 13. The monoisotopic (exact) mass is 863 g/mol. The Labute approximate surface area is 350 Å². The van der Waals surface area contributed by atoms with Crippen molar-refractivity contribution in [2.45, 2.75) is 87.6 Å². The summed E-state index contributed by atoms with van der Waals surface area (Å²) in [5, 5.41) is 52.6. The van der Waals surface area contributed by atoms with Crippen molar-refractivity contribution in [3.8, 4) is 0 Å². The third-order valence-electron chi connectivity index (χ3n) is 8.57. The SMILES string of the molecule is N=C(N)NCCC[C@H](NC(=O)[C@H](CCCNC(=N)N)NC(=O)[C@H](CCCNC(=N)N)NC(=O)[C@H](Cc1c[nH]cn1)NC(=O)[C@H](Cc1c[nH]cn1)NC(=O)[C@@H](N)CS)C(=O)O. The van der Waals surface area contributed by atoms with Crippen LogP contribution in [-0.2, 0) is 41.6 Å². The topological polar surface area (TPSA) is 452 Å². The van der Waals surface area contributed by atoms with Gasteiger partial charge in [0.25, 0.3) is 0 Å². The molecule has 0 saturated heterocycles. The van der Waals surface area contributed by atoms with E-state index in [-0.39, 0.29) is 94.6 Å². The van der Waals surface area contributed by atoms with Crippen molar-refractivity contribution in [3.63, 3.8) is 0 Å². The van der Waals surface area contributed by atoms with Crippen LogP contribution in [-0.4, -0.2) is 140 Å². The van der Waals surface area contributed by atoms with Gasteiger partial charge in [0.1, 0.15) is 30.2 Å². The van der Waals surface area contributed by atoms with Crippen LogP contribution >= 0.6 is 12.6 Å². The van der Waals surface area contributed by atoms with E-state index in [4.69, 9.17) is 39.2 Å². The number of nitrogens with two attached hydrogens (primary N) is 4. The first-order chi connectivity index (χ1) is 28.5. The molecule has 0 unspecified atom stereocenters. The number of carboxylic acids is 1. The van der Waals surface area contributed by atoms with E-state index in [1.165, 1.54) is 25.0 Å². The molecule has 2 rings (SSSR count). The number of aliphatic carboxylic acids is 1. The van der Waals surface area contributed by atoms with E-state index in [9.17, 15) is 33.9 Å². The lowest BCUT2D eigenvalue weighted by molar-refractivity contribution is -0.142. The highest BCUT2D eigenvalue weighted by atomic mass is 32.1. The van der Waals surface area contributed by atoms with Crippen LogP contribution in [0.25, 0.3) is 0 Å². The fourth-order valence-corrected chi connectivity index (χ4v) is 5.64. The zero-order valence-corrected chi connectivity index (χ0v) is 33.7. The summed E-state index contributed by atoms with van der Waals surface area (Å²) in [4.78, 5) is 94.1. The largest absolute Gasteiger partial charge is 0.480 e. The molecule has 0 radical (unpaired) electrons. The van der Waals surface area contributed by atoms with Crippen LogP contribution in [0.2, 0.25) is 0 Å². The van der Waals surface area contributed by atoms with E-state index < -0.39 is 71.8 Å². The van der Waals surface area contributed by atoms with Gasteiger partial charge in [-0.3, -0.25) is 40.2 Å². The fraction of sp³-hybridized carbons (Fsp3) is 0.545. The predicted molar refractivity (Wildman–Crippen MR) is 221 cm³/mol. The summed E-state index contributed by atoms with van der Waals surface area (Å²) in [6.07, 6.45) is 5.90. The minimum Gasteiger partial charge on any atom is -0.480 e. The molecule has 0 aliphatic heterocycles. The highest BCUT2D eigenvalue weighted by Crippen LogP contribution is 2.08. The first-order valence-corrected chi connectivity index (χ1v) is 19.4. The highest BCUT2D eigenvalue weighted by Gasteiger charge is 2.33. The van der Waals surface area contributed by atoms with Crippen molar-refractivity contribution < 1.29 is 33.9 Å². The van der Waals surface area contributed by atoms with E-state index in [1.54, 1.807) is 0 Å². The summed E-state index contributed by atoms with van der Waals surface area (Å²) in [5.74, 6) is -6.37.